The van der Waals surface area contributed by atoms with Gasteiger partial charge in [-0.25, -0.2) is 4.39 Å². The summed E-state index contributed by atoms with van der Waals surface area (Å²) in [6.45, 7) is 4.93. The Morgan fingerprint density at radius 1 is 1.50 bits per heavy atom. The molecule has 0 heterocycles. The van der Waals surface area contributed by atoms with Gasteiger partial charge in [0.1, 0.15) is 5.82 Å². The Morgan fingerprint density at radius 3 is 2.67 bits per heavy atom. The van der Waals surface area contributed by atoms with Crippen molar-refractivity contribution in [3.8, 4) is 0 Å². The van der Waals surface area contributed by atoms with Crippen molar-refractivity contribution < 1.29 is 14.3 Å². The summed E-state index contributed by atoms with van der Waals surface area (Å²) in [6.07, 6.45) is 0.0804. The van der Waals surface area contributed by atoms with Crippen LogP contribution in [-0.2, 0) is 11.3 Å². The van der Waals surface area contributed by atoms with E-state index in [0.29, 0.717) is 18.1 Å². The Labute approximate surface area is 111 Å². The maximum absolute atomic E-state index is 12.9. The molecule has 18 heavy (non-hydrogen) atoms. The molecule has 0 fully saturated rings. The number of benzene rings is 1. The number of carbonyl (C=O) groups is 1. The van der Waals surface area contributed by atoms with Crippen molar-refractivity contribution in [2.75, 3.05) is 6.54 Å². The molecule has 1 aromatic carbocycles. The van der Waals surface area contributed by atoms with E-state index in [-0.39, 0.29) is 18.3 Å². The van der Waals surface area contributed by atoms with Crippen molar-refractivity contribution in [2.45, 2.75) is 32.9 Å². The minimum absolute atomic E-state index is 0.0804. The molecule has 100 valence electrons. The molecule has 0 unspecified atom stereocenters. The third-order valence-electron chi connectivity index (χ3n) is 2.73. The highest BCUT2D eigenvalue weighted by molar-refractivity contribution is 6.31. The summed E-state index contributed by atoms with van der Waals surface area (Å²) in [5.41, 5.74) is 0.803. The second-order valence-electron chi connectivity index (χ2n) is 4.44. The zero-order valence-electron chi connectivity index (χ0n) is 10.5. The van der Waals surface area contributed by atoms with Gasteiger partial charge in [0.2, 0.25) is 0 Å². The summed E-state index contributed by atoms with van der Waals surface area (Å²) < 4.78 is 12.9. The Balaban J connectivity index is 2.73. The number of nitrogens with zero attached hydrogens (tertiary/aromatic N) is 1. The summed E-state index contributed by atoms with van der Waals surface area (Å²) in [5.74, 6) is -1.20. The van der Waals surface area contributed by atoms with E-state index in [2.05, 4.69) is 0 Å². The average Bonchev–Trinajstić information content (AvgIpc) is 2.26. The lowest BCUT2D eigenvalue weighted by atomic mass is 10.1. The fourth-order valence-electron chi connectivity index (χ4n) is 1.63. The Morgan fingerprint density at radius 2 is 2.17 bits per heavy atom. The largest absolute Gasteiger partial charge is 0.481 e. The molecule has 0 bridgehead atoms. The average molecular weight is 274 g/mol. The van der Waals surface area contributed by atoms with Gasteiger partial charge in [0.25, 0.3) is 0 Å². The van der Waals surface area contributed by atoms with Gasteiger partial charge in [0.15, 0.2) is 0 Å². The lowest BCUT2D eigenvalue weighted by Gasteiger charge is -2.26. The molecule has 0 radical (unpaired) electrons. The van der Waals surface area contributed by atoms with Crippen LogP contribution in [0.1, 0.15) is 25.8 Å². The van der Waals surface area contributed by atoms with E-state index >= 15 is 0 Å². The standard InChI is InChI=1S/C13H17ClFNO2/c1-9(2)16(6-5-13(17)18)8-10-3-4-11(15)7-12(10)14/h3-4,7,9H,5-6,8H2,1-2H3,(H,17,18). The number of hydrogen-bond acceptors (Lipinski definition) is 2. The topological polar surface area (TPSA) is 40.5 Å². The minimum Gasteiger partial charge on any atom is -0.481 e. The van der Waals surface area contributed by atoms with Crippen LogP contribution in [0, 0.1) is 5.82 Å². The molecule has 0 saturated heterocycles. The Bertz CT molecular complexity index is 423. The molecule has 0 aliphatic heterocycles. The van der Waals surface area contributed by atoms with Crippen molar-refractivity contribution in [1.29, 1.82) is 0 Å². The van der Waals surface area contributed by atoms with Crippen LogP contribution < -0.4 is 0 Å². The van der Waals surface area contributed by atoms with E-state index in [1.807, 2.05) is 18.7 Å². The van der Waals surface area contributed by atoms with Gasteiger partial charge in [-0.05, 0) is 31.5 Å². The molecule has 3 nitrogen and oxygen atoms in total. The molecule has 1 N–H and O–H groups in total. The monoisotopic (exact) mass is 273 g/mol. The quantitative estimate of drug-likeness (QED) is 0.865. The van der Waals surface area contributed by atoms with Crippen molar-refractivity contribution in [1.82, 2.24) is 4.90 Å². The van der Waals surface area contributed by atoms with Crippen LogP contribution in [0.25, 0.3) is 0 Å². The van der Waals surface area contributed by atoms with Gasteiger partial charge >= 0.3 is 5.97 Å². The highest BCUT2D eigenvalue weighted by Crippen LogP contribution is 2.20. The van der Waals surface area contributed by atoms with Crippen LogP contribution in [0.4, 0.5) is 4.39 Å². The van der Waals surface area contributed by atoms with Crippen LogP contribution in [-0.4, -0.2) is 28.6 Å². The first kappa shape index (κ1) is 14.9. The van der Waals surface area contributed by atoms with Gasteiger partial charge in [-0.3, -0.25) is 9.69 Å². The van der Waals surface area contributed by atoms with Gasteiger partial charge < -0.3 is 5.11 Å². The van der Waals surface area contributed by atoms with Gasteiger partial charge in [0.05, 0.1) is 6.42 Å². The van der Waals surface area contributed by atoms with Crippen LogP contribution in [0.5, 0.6) is 0 Å². The first-order valence-corrected chi connectivity index (χ1v) is 6.17. The van der Waals surface area contributed by atoms with Crippen molar-refractivity contribution >= 4 is 17.6 Å². The van der Waals surface area contributed by atoms with Crippen molar-refractivity contribution in [3.05, 3.63) is 34.6 Å². The molecule has 0 amide bonds. The lowest BCUT2D eigenvalue weighted by Crippen LogP contribution is -2.32. The first-order chi connectivity index (χ1) is 8.40. The highest BCUT2D eigenvalue weighted by atomic mass is 35.5. The van der Waals surface area contributed by atoms with Gasteiger partial charge in [-0.2, -0.15) is 0 Å². The smallest absolute Gasteiger partial charge is 0.304 e. The molecule has 0 atom stereocenters. The van der Waals surface area contributed by atoms with E-state index in [4.69, 9.17) is 16.7 Å². The molecule has 0 aliphatic carbocycles. The summed E-state index contributed by atoms with van der Waals surface area (Å²) in [7, 11) is 0. The number of halogens is 2. The van der Waals surface area contributed by atoms with Crippen molar-refractivity contribution in [3.63, 3.8) is 0 Å². The van der Waals surface area contributed by atoms with Crippen LogP contribution in [0.2, 0.25) is 5.02 Å². The second kappa shape index (κ2) is 6.71. The number of carboxylic acids is 1. The molecule has 0 aromatic heterocycles. The number of hydrogen-bond donors (Lipinski definition) is 1. The maximum atomic E-state index is 12.9. The third-order valence-corrected chi connectivity index (χ3v) is 3.08. The van der Waals surface area contributed by atoms with Gasteiger partial charge in [0, 0.05) is 24.2 Å². The predicted molar refractivity (Wildman–Crippen MR) is 69.2 cm³/mol. The van der Waals surface area contributed by atoms with Gasteiger partial charge in [-0.15, -0.1) is 0 Å². The molecule has 0 spiro atoms. The van der Waals surface area contributed by atoms with E-state index in [0.717, 1.165) is 5.56 Å². The van der Waals surface area contributed by atoms with E-state index in [9.17, 15) is 9.18 Å². The summed E-state index contributed by atoms with van der Waals surface area (Å²) >= 11 is 5.96. The molecule has 0 saturated carbocycles. The lowest BCUT2D eigenvalue weighted by molar-refractivity contribution is -0.137. The molecular weight excluding hydrogens is 257 g/mol. The third kappa shape index (κ3) is 4.63. The van der Waals surface area contributed by atoms with Crippen LogP contribution in [0.3, 0.4) is 0 Å². The van der Waals surface area contributed by atoms with Crippen LogP contribution in [0.15, 0.2) is 18.2 Å². The molecule has 0 aliphatic rings. The molecule has 1 rings (SSSR count). The van der Waals surface area contributed by atoms with E-state index < -0.39 is 5.97 Å². The Hall–Kier alpha value is -1.13. The Kier molecular flexibility index (Phi) is 5.56. The summed E-state index contributed by atoms with van der Waals surface area (Å²) in [5, 5.41) is 9.07. The predicted octanol–water partition coefficient (Wildman–Crippen LogP) is 3.16. The summed E-state index contributed by atoms with van der Waals surface area (Å²) in [6, 6.07) is 4.46. The molecule has 1 aromatic rings. The zero-order valence-corrected chi connectivity index (χ0v) is 11.2. The maximum Gasteiger partial charge on any atom is 0.304 e. The molecule has 5 heteroatoms. The van der Waals surface area contributed by atoms with Crippen LogP contribution >= 0.6 is 11.6 Å². The van der Waals surface area contributed by atoms with E-state index in [1.54, 1.807) is 6.07 Å². The first-order valence-electron chi connectivity index (χ1n) is 5.80. The molecular formula is C13H17ClFNO2. The van der Waals surface area contributed by atoms with E-state index in [1.165, 1.54) is 12.1 Å². The fraction of sp³-hybridized carbons (Fsp3) is 0.462. The SMILES string of the molecule is CC(C)N(CCC(=O)O)Cc1ccc(F)cc1Cl. The number of aliphatic carboxylic acids is 1. The summed E-state index contributed by atoms with van der Waals surface area (Å²) in [4.78, 5) is 12.6. The second-order valence-corrected chi connectivity index (χ2v) is 4.85. The minimum atomic E-state index is -0.828. The number of carboxylic acid groups (broad SMARTS) is 1. The van der Waals surface area contributed by atoms with Crippen molar-refractivity contribution in [2.24, 2.45) is 0 Å². The zero-order chi connectivity index (χ0) is 13.7. The number of rotatable bonds is 6. The normalized spacial score (nSPS) is 11.2. The fourth-order valence-corrected chi connectivity index (χ4v) is 1.85. The van der Waals surface area contributed by atoms with Gasteiger partial charge in [-0.1, -0.05) is 17.7 Å². The highest BCUT2D eigenvalue weighted by Gasteiger charge is 2.13.